The fourth-order valence-electron chi connectivity index (χ4n) is 4.45. The highest BCUT2D eigenvalue weighted by molar-refractivity contribution is 5.93. The Kier molecular flexibility index (Phi) is 5.88. The second-order valence-corrected chi connectivity index (χ2v) is 8.08. The highest BCUT2D eigenvalue weighted by atomic mass is 16.5. The van der Waals surface area contributed by atoms with Crippen LogP contribution in [-0.4, -0.2) is 41.1 Å². The minimum absolute atomic E-state index is 0.323. The van der Waals surface area contributed by atoms with Crippen molar-refractivity contribution in [1.82, 2.24) is 14.5 Å². The van der Waals surface area contributed by atoms with Crippen molar-refractivity contribution >= 4 is 34.3 Å². The standard InChI is InChI=1S/C25H24N4O4/c1-14-10-21(32-3)22(17-7-8-29(13-30)23(14)17)18(9-15(2)25(31)33-4)24-27-19-6-5-16(12-26)11-20(19)28-24/h5-8,10-11,13,15,18H,9H2,1-4H3,(H,27,28). The summed E-state index contributed by atoms with van der Waals surface area (Å²) in [5.74, 6) is 0.174. The summed E-state index contributed by atoms with van der Waals surface area (Å²) in [5, 5.41) is 10.1. The Labute approximate surface area is 190 Å². The lowest BCUT2D eigenvalue weighted by molar-refractivity contribution is -0.145. The largest absolute Gasteiger partial charge is 0.496 e. The van der Waals surface area contributed by atoms with Gasteiger partial charge in [0.2, 0.25) is 6.41 Å². The predicted molar refractivity (Wildman–Crippen MR) is 124 cm³/mol. The number of carbonyl (C=O) groups excluding carboxylic acids is 2. The number of hydrogen-bond acceptors (Lipinski definition) is 6. The average molecular weight is 444 g/mol. The molecule has 4 aromatic rings. The van der Waals surface area contributed by atoms with Gasteiger partial charge in [0.1, 0.15) is 11.6 Å². The molecule has 2 unspecified atom stereocenters. The van der Waals surface area contributed by atoms with Crippen LogP contribution in [0.4, 0.5) is 0 Å². The summed E-state index contributed by atoms with van der Waals surface area (Å²) in [7, 11) is 2.97. The zero-order chi connectivity index (χ0) is 23.7. The van der Waals surface area contributed by atoms with Crippen LogP contribution in [0.3, 0.4) is 0 Å². The Morgan fingerprint density at radius 1 is 1.30 bits per heavy atom. The second kappa shape index (κ2) is 8.79. The molecule has 0 radical (unpaired) electrons. The molecule has 8 heteroatoms. The zero-order valence-electron chi connectivity index (χ0n) is 18.9. The number of aromatic nitrogens is 3. The summed E-state index contributed by atoms with van der Waals surface area (Å²) in [4.78, 5) is 32.1. The number of ether oxygens (including phenoxy) is 2. The fraction of sp³-hybridized carbons (Fsp3) is 0.280. The molecule has 8 nitrogen and oxygen atoms in total. The SMILES string of the molecule is COC(=O)C(C)CC(c1nc2ccc(C#N)cc2[nH]1)c1c(OC)cc(C)c2c1ccn2C=O. The first kappa shape index (κ1) is 22.1. The zero-order valence-corrected chi connectivity index (χ0v) is 18.9. The van der Waals surface area contributed by atoms with Gasteiger partial charge in [-0.15, -0.1) is 0 Å². The van der Waals surface area contributed by atoms with Crippen molar-refractivity contribution in [3.8, 4) is 11.8 Å². The number of nitrogens with zero attached hydrogens (tertiary/aromatic N) is 3. The Balaban J connectivity index is 1.98. The number of rotatable bonds is 7. The molecule has 0 aliphatic carbocycles. The van der Waals surface area contributed by atoms with E-state index in [4.69, 9.17) is 14.5 Å². The highest BCUT2D eigenvalue weighted by Crippen LogP contribution is 2.42. The maximum Gasteiger partial charge on any atom is 0.308 e. The van der Waals surface area contributed by atoms with Gasteiger partial charge in [0.15, 0.2) is 0 Å². The van der Waals surface area contributed by atoms with Crippen molar-refractivity contribution in [2.45, 2.75) is 26.2 Å². The van der Waals surface area contributed by atoms with Crippen LogP contribution in [0.25, 0.3) is 21.9 Å². The number of aromatic amines is 1. The minimum atomic E-state index is -0.419. The van der Waals surface area contributed by atoms with Gasteiger partial charge in [-0.25, -0.2) is 4.98 Å². The van der Waals surface area contributed by atoms with Gasteiger partial charge < -0.3 is 14.5 Å². The second-order valence-electron chi connectivity index (χ2n) is 8.08. The van der Waals surface area contributed by atoms with Gasteiger partial charge in [-0.1, -0.05) is 6.92 Å². The van der Waals surface area contributed by atoms with E-state index < -0.39 is 5.92 Å². The summed E-state index contributed by atoms with van der Waals surface area (Å²) in [6, 6.07) is 11.2. The number of nitriles is 1. The van der Waals surface area contributed by atoms with Crippen molar-refractivity contribution in [2.75, 3.05) is 14.2 Å². The molecule has 1 N–H and O–H groups in total. The number of benzene rings is 2. The van der Waals surface area contributed by atoms with Gasteiger partial charge in [0, 0.05) is 23.1 Å². The van der Waals surface area contributed by atoms with E-state index >= 15 is 0 Å². The number of methoxy groups -OCH3 is 2. The van der Waals surface area contributed by atoms with Crippen molar-refractivity contribution < 1.29 is 19.1 Å². The van der Waals surface area contributed by atoms with E-state index in [0.29, 0.717) is 29.1 Å². The molecule has 4 rings (SSSR count). The lowest BCUT2D eigenvalue weighted by Crippen LogP contribution is -2.18. The maximum absolute atomic E-state index is 12.3. The topological polar surface area (TPSA) is 110 Å². The van der Waals surface area contributed by atoms with Gasteiger partial charge in [0.05, 0.1) is 48.3 Å². The lowest BCUT2D eigenvalue weighted by atomic mass is 9.85. The number of esters is 1. The van der Waals surface area contributed by atoms with Gasteiger partial charge in [0.25, 0.3) is 0 Å². The molecule has 33 heavy (non-hydrogen) atoms. The Bertz CT molecular complexity index is 1410. The summed E-state index contributed by atoms with van der Waals surface area (Å²) >= 11 is 0. The molecular formula is C25H24N4O4. The number of imidazole rings is 1. The summed E-state index contributed by atoms with van der Waals surface area (Å²) in [5.41, 5.74) is 4.47. The lowest BCUT2D eigenvalue weighted by Gasteiger charge is -2.22. The molecule has 0 saturated heterocycles. The maximum atomic E-state index is 12.3. The van der Waals surface area contributed by atoms with Gasteiger partial charge in [-0.05, 0) is 49.2 Å². The number of H-pyrrole nitrogens is 1. The first-order valence-electron chi connectivity index (χ1n) is 10.5. The number of fused-ring (bicyclic) bond motifs is 2. The van der Waals surface area contributed by atoms with E-state index in [-0.39, 0.29) is 11.9 Å². The average Bonchev–Trinajstić information content (AvgIpc) is 3.45. The fourth-order valence-corrected chi connectivity index (χ4v) is 4.45. The molecule has 0 aliphatic rings. The van der Waals surface area contributed by atoms with Crippen LogP contribution in [0.1, 0.15) is 41.8 Å². The summed E-state index contributed by atoms with van der Waals surface area (Å²) < 4.78 is 12.3. The number of hydrogen-bond donors (Lipinski definition) is 1. The van der Waals surface area contributed by atoms with E-state index in [1.165, 1.54) is 11.7 Å². The van der Waals surface area contributed by atoms with E-state index in [2.05, 4.69) is 11.1 Å². The van der Waals surface area contributed by atoms with Crippen LogP contribution in [-0.2, 0) is 14.3 Å². The molecule has 2 aromatic heterocycles. The number of aryl methyl sites for hydroxylation is 1. The molecule has 0 bridgehead atoms. The van der Waals surface area contributed by atoms with Crippen LogP contribution in [0.2, 0.25) is 0 Å². The van der Waals surface area contributed by atoms with Gasteiger partial charge in [-0.3, -0.25) is 14.2 Å². The quantitative estimate of drug-likeness (QED) is 0.340. The molecule has 2 heterocycles. The molecular weight excluding hydrogens is 420 g/mol. The molecule has 0 aliphatic heterocycles. The van der Waals surface area contributed by atoms with Crippen molar-refractivity contribution in [3.63, 3.8) is 0 Å². The third kappa shape index (κ3) is 3.82. The molecule has 2 atom stereocenters. The normalized spacial score (nSPS) is 12.9. The molecule has 0 spiro atoms. The number of carbonyl (C=O) groups is 2. The third-order valence-electron chi connectivity index (χ3n) is 6.03. The van der Waals surface area contributed by atoms with Gasteiger partial charge in [-0.2, -0.15) is 5.26 Å². The van der Waals surface area contributed by atoms with E-state index in [9.17, 15) is 14.9 Å². The third-order valence-corrected chi connectivity index (χ3v) is 6.03. The van der Waals surface area contributed by atoms with E-state index in [1.807, 2.05) is 26.0 Å². The Hall–Kier alpha value is -4.12. The molecule has 0 saturated carbocycles. The van der Waals surface area contributed by atoms with Crippen LogP contribution in [0.15, 0.2) is 36.5 Å². The molecule has 0 amide bonds. The number of nitrogens with one attached hydrogen (secondary N) is 1. The van der Waals surface area contributed by atoms with Crippen molar-refractivity contribution in [1.29, 1.82) is 5.26 Å². The highest BCUT2D eigenvalue weighted by Gasteiger charge is 2.30. The minimum Gasteiger partial charge on any atom is -0.496 e. The summed E-state index contributed by atoms with van der Waals surface area (Å²) in [6.45, 7) is 3.73. The molecule has 0 fully saturated rings. The van der Waals surface area contributed by atoms with E-state index in [1.54, 1.807) is 31.5 Å². The van der Waals surface area contributed by atoms with Crippen molar-refractivity contribution in [2.24, 2.45) is 5.92 Å². The summed E-state index contributed by atoms with van der Waals surface area (Å²) in [6.07, 6.45) is 2.88. The molecule has 2 aromatic carbocycles. The van der Waals surface area contributed by atoms with Crippen LogP contribution in [0, 0.1) is 24.2 Å². The Morgan fingerprint density at radius 2 is 2.09 bits per heavy atom. The predicted octanol–water partition coefficient (Wildman–Crippen LogP) is 4.08. The first-order chi connectivity index (χ1) is 15.9. The Morgan fingerprint density at radius 3 is 2.76 bits per heavy atom. The van der Waals surface area contributed by atoms with Crippen molar-refractivity contribution in [3.05, 3.63) is 59.0 Å². The van der Waals surface area contributed by atoms with Gasteiger partial charge >= 0.3 is 5.97 Å². The van der Waals surface area contributed by atoms with Crippen LogP contribution in [0.5, 0.6) is 5.75 Å². The van der Waals surface area contributed by atoms with Crippen LogP contribution < -0.4 is 4.74 Å². The first-order valence-corrected chi connectivity index (χ1v) is 10.5. The molecule has 168 valence electrons. The van der Waals surface area contributed by atoms with E-state index in [0.717, 1.165) is 34.0 Å². The van der Waals surface area contributed by atoms with Crippen LogP contribution >= 0.6 is 0 Å². The smallest absolute Gasteiger partial charge is 0.308 e. The monoisotopic (exact) mass is 444 g/mol.